The average Bonchev–Trinajstić information content (AvgIpc) is 2.67. The first-order chi connectivity index (χ1) is 8.15. The second kappa shape index (κ2) is 4.89. The standard InChI is InChI=1S/C12H11NO2S2/c1-8(14)10-11(15)13(17-12(10)16-2)9-6-4-3-5-7-9/h3-7H,1-2H3. The van der Waals surface area contributed by atoms with Gasteiger partial charge < -0.3 is 0 Å². The van der Waals surface area contributed by atoms with Gasteiger partial charge in [0.15, 0.2) is 5.78 Å². The zero-order chi connectivity index (χ0) is 12.4. The first kappa shape index (κ1) is 12.1. The molecule has 0 aliphatic carbocycles. The molecule has 2 rings (SSSR count). The molecule has 88 valence electrons. The van der Waals surface area contributed by atoms with Crippen molar-refractivity contribution < 1.29 is 4.79 Å². The number of carbonyl (C=O) groups excluding carboxylic acids is 1. The van der Waals surface area contributed by atoms with Crippen molar-refractivity contribution in [2.24, 2.45) is 0 Å². The smallest absolute Gasteiger partial charge is 0.277 e. The molecule has 0 bridgehead atoms. The van der Waals surface area contributed by atoms with Crippen LogP contribution in [0.3, 0.4) is 0 Å². The number of Topliss-reactive ketones (excluding diaryl/α,β-unsaturated/α-hetero) is 1. The molecule has 3 nitrogen and oxygen atoms in total. The number of nitrogens with zero attached hydrogens (tertiary/aromatic N) is 1. The number of para-hydroxylation sites is 1. The van der Waals surface area contributed by atoms with Crippen LogP contribution in [0, 0.1) is 0 Å². The summed E-state index contributed by atoms with van der Waals surface area (Å²) in [4.78, 5) is 23.6. The van der Waals surface area contributed by atoms with Crippen LogP contribution in [-0.4, -0.2) is 16.0 Å². The molecule has 0 radical (unpaired) electrons. The number of benzene rings is 1. The third-order valence-electron chi connectivity index (χ3n) is 2.30. The van der Waals surface area contributed by atoms with E-state index in [9.17, 15) is 9.59 Å². The SMILES string of the molecule is CSc1sn(-c2ccccc2)c(=O)c1C(C)=O. The van der Waals surface area contributed by atoms with Crippen LogP contribution in [0.4, 0.5) is 0 Å². The number of hydrogen-bond acceptors (Lipinski definition) is 4. The first-order valence-corrected chi connectivity index (χ1v) is 7.01. The Morgan fingerprint density at radius 3 is 2.41 bits per heavy atom. The molecule has 0 saturated carbocycles. The number of hydrogen-bond donors (Lipinski definition) is 0. The summed E-state index contributed by atoms with van der Waals surface area (Å²) in [5.41, 5.74) is 0.870. The molecular weight excluding hydrogens is 254 g/mol. The van der Waals surface area contributed by atoms with Crippen molar-refractivity contribution in [3.63, 3.8) is 0 Å². The lowest BCUT2D eigenvalue weighted by Gasteiger charge is -1.97. The normalized spacial score (nSPS) is 10.5. The maximum atomic E-state index is 12.1. The van der Waals surface area contributed by atoms with E-state index in [1.807, 2.05) is 36.6 Å². The predicted molar refractivity (Wildman–Crippen MR) is 71.7 cm³/mol. The van der Waals surface area contributed by atoms with Crippen molar-refractivity contribution in [3.05, 3.63) is 46.2 Å². The van der Waals surface area contributed by atoms with Gasteiger partial charge in [0.1, 0.15) is 5.56 Å². The van der Waals surface area contributed by atoms with Crippen LogP contribution in [0.5, 0.6) is 0 Å². The summed E-state index contributed by atoms with van der Waals surface area (Å²) in [6.45, 7) is 1.43. The molecule has 0 atom stereocenters. The molecule has 17 heavy (non-hydrogen) atoms. The van der Waals surface area contributed by atoms with Crippen molar-refractivity contribution in [2.45, 2.75) is 11.1 Å². The van der Waals surface area contributed by atoms with E-state index in [1.54, 1.807) is 3.96 Å². The Hall–Kier alpha value is -1.33. The first-order valence-electron chi connectivity index (χ1n) is 5.02. The summed E-state index contributed by atoms with van der Waals surface area (Å²) in [5.74, 6) is -0.176. The van der Waals surface area contributed by atoms with Crippen molar-refractivity contribution in [3.8, 4) is 5.69 Å². The lowest BCUT2D eigenvalue weighted by Crippen LogP contribution is -2.17. The van der Waals surface area contributed by atoms with Crippen LogP contribution in [0.2, 0.25) is 0 Å². The van der Waals surface area contributed by atoms with Gasteiger partial charge in [0.2, 0.25) is 0 Å². The quantitative estimate of drug-likeness (QED) is 0.633. The molecule has 0 aliphatic rings. The Kier molecular flexibility index (Phi) is 3.49. The summed E-state index contributed by atoms with van der Waals surface area (Å²) in [5, 5.41) is 0. The highest BCUT2D eigenvalue weighted by molar-refractivity contribution is 8.00. The van der Waals surface area contributed by atoms with Gasteiger partial charge in [-0.1, -0.05) is 18.2 Å². The molecule has 0 N–H and O–H groups in total. The summed E-state index contributed by atoms with van der Waals surface area (Å²) >= 11 is 2.74. The highest BCUT2D eigenvalue weighted by atomic mass is 32.2. The summed E-state index contributed by atoms with van der Waals surface area (Å²) in [6, 6.07) is 9.34. The highest BCUT2D eigenvalue weighted by Gasteiger charge is 2.18. The molecule has 5 heteroatoms. The van der Waals surface area contributed by atoms with Crippen LogP contribution in [-0.2, 0) is 0 Å². The van der Waals surface area contributed by atoms with Gasteiger partial charge in [-0.15, -0.1) is 11.8 Å². The summed E-state index contributed by atoms with van der Waals surface area (Å²) in [6.07, 6.45) is 1.87. The molecule has 0 fully saturated rings. The second-order valence-corrected chi connectivity index (χ2v) is 5.48. The van der Waals surface area contributed by atoms with Gasteiger partial charge in [0.25, 0.3) is 5.56 Å². The molecule has 0 amide bonds. The van der Waals surface area contributed by atoms with Crippen molar-refractivity contribution in [1.29, 1.82) is 0 Å². The third kappa shape index (κ3) is 2.21. The predicted octanol–water partition coefficient (Wildman–Crippen LogP) is 2.82. The molecule has 1 heterocycles. The number of aromatic nitrogens is 1. The minimum absolute atomic E-state index is 0.176. The number of rotatable bonds is 3. The van der Waals surface area contributed by atoms with Crippen LogP contribution < -0.4 is 5.56 Å². The molecule has 1 aromatic heterocycles. The molecule has 2 aromatic rings. The second-order valence-electron chi connectivity index (χ2n) is 3.45. The van der Waals surface area contributed by atoms with Gasteiger partial charge in [-0.3, -0.25) is 9.59 Å². The lowest BCUT2D eigenvalue weighted by atomic mass is 10.2. The van der Waals surface area contributed by atoms with E-state index in [-0.39, 0.29) is 11.3 Å². The maximum absolute atomic E-state index is 12.1. The number of ketones is 1. The lowest BCUT2D eigenvalue weighted by molar-refractivity contribution is 0.101. The average molecular weight is 265 g/mol. The minimum atomic E-state index is -0.224. The van der Waals surface area contributed by atoms with Gasteiger partial charge in [0, 0.05) is 0 Å². The molecule has 0 saturated heterocycles. The number of thioether (sulfide) groups is 1. The van der Waals surface area contributed by atoms with E-state index in [1.165, 1.54) is 30.2 Å². The van der Waals surface area contributed by atoms with E-state index in [2.05, 4.69) is 0 Å². The zero-order valence-corrected chi connectivity index (χ0v) is 11.1. The van der Waals surface area contributed by atoms with E-state index in [4.69, 9.17) is 0 Å². The largest absolute Gasteiger partial charge is 0.294 e. The van der Waals surface area contributed by atoms with Gasteiger partial charge in [-0.05, 0) is 36.8 Å². The third-order valence-corrected chi connectivity index (χ3v) is 4.53. The molecule has 0 aliphatic heterocycles. The summed E-state index contributed by atoms with van der Waals surface area (Å²) < 4.78 is 2.33. The van der Waals surface area contributed by atoms with Gasteiger partial charge >= 0.3 is 0 Å². The molecule has 0 unspecified atom stereocenters. The van der Waals surface area contributed by atoms with E-state index in [0.717, 1.165) is 9.90 Å². The van der Waals surface area contributed by atoms with Gasteiger partial charge in [-0.2, -0.15) is 0 Å². The van der Waals surface area contributed by atoms with E-state index >= 15 is 0 Å². The van der Waals surface area contributed by atoms with Gasteiger partial charge in [0.05, 0.1) is 9.90 Å². The molecule has 0 spiro atoms. The fourth-order valence-corrected chi connectivity index (χ4v) is 3.37. The van der Waals surface area contributed by atoms with E-state index < -0.39 is 0 Å². The summed E-state index contributed by atoms with van der Waals surface area (Å²) in [7, 11) is 0. The number of carbonyl (C=O) groups is 1. The minimum Gasteiger partial charge on any atom is -0.294 e. The van der Waals surface area contributed by atoms with Crippen LogP contribution >= 0.6 is 23.3 Å². The highest BCUT2D eigenvalue weighted by Crippen LogP contribution is 2.26. The van der Waals surface area contributed by atoms with Crippen LogP contribution in [0.15, 0.2) is 39.3 Å². The molecule has 1 aromatic carbocycles. The van der Waals surface area contributed by atoms with Crippen LogP contribution in [0.1, 0.15) is 17.3 Å². The fraction of sp³-hybridized carbons (Fsp3) is 0.167. The topological polar surface area (TPSA) is 39.1 Å². The Morgan fingerprint density at radius 2 is 1.94 bits per heavy atom. The monoisotopic (exact) mass is 265 g/mol. The van der Waals surface area contributed by atoms with Gasteiger partial charge in [-0.25, -0.2) is 3.96 Å². The van der Waals surface area contributed by atoms with Crippen molar-refractivity contribution in [1.82, 2.24) is 3.96 Å². The maximum Gasteiger partial charge on any atom is 0.277 e. The van der Waals surface area contributed by atoms with E-state index in [0.29, 0.717) is 5.56 Å². The van der Waals surface area contributed by atoms with Crippen molar-refractivity contribution >= 4 is 29.1 Å². The van der Waals surface area contributed by atoms with Crippen LogP contribution in [0.25, 0.3) is 5.69 Å². The fourth-order valence-electron chi connectivity index (χ4n) is 1.53. The Labute approximate surface area is 107 Å². The Morgan fingerprint density at radius 1 is 1.29 bits per heavy atom. The Balaban J connectivity index is 2.66. The molecular formula is C12H11NO2S2. The van der Waals surface area contributed by atoms with Crippen molar-refractivity contribution in [2.75, 3.05) is 6.26 Å². The zero-order valence-electron chi connectivity index (χ0n) is 9.47. The Bertz CT molecular complexity index is 599.